The van der Waals surface area contributed by atoms with E-state index in [-0.39, 0.29) is 0 Å². The van der Waals surface area contributed by atoms with Crippen LogP contribution in [0, 0.1) is 0 Å². The predicted octanol–water partition coefficient (Wildman–Crippen LogP) is 1.34. The third-order valence-corrected chi connectivity index (χ3v) is 1.88. The molecule has 0 bridgehead atoms. The lowest BCUT2D eigenvalue weighted by atomic mass is 10.5. The fraction of sp³-hybridized carbons (Fsp3) is 0.429. The van der Waals surface area contributed by atoms with Crippen molar-refractivity contribution in [1.29, 1.82) is 0 Å². The second kappa shape index (κ2) is 3.63. The largest absolute Gasteiger partial charge is 0.491 e. The molecule has 0 saturated carbocycles. The standard InChI is InChI=1S/C7H12NO2P/c1-9-6-3-8(5-11)4-7(6)10-2/h3-4H,5,11H2,1-2H3. The topological polar surface area (TPSA) is 23.4 Å². The van der Waals surface area contributed by atoms with Crippen LogP contribution in [0.4, 0.5) is 0 Å². The fourth-order valence-electron chi connectivity index (χ4n) is 0.878. The molecule has 1 aromatic rings. The van der Waals surface area contributed by atoms with Crippen LogP contribution < -0.4 is 9.47 Å². The van der Waals surface area contributed by atoms with Crippen LogP contribution in [0.1, 0.15) is 0 Å². The van der Waals surface area contributed by atoms with Gasteiger partial charge in [-0.2, -0.15) is 0 Å². The summed E-state index contributed by atoms with van der Waals surface area (Å²) in [5.74, 6) is 1.55. The lowest BCUT2D eigenvalue weighted by Crippen LogP contribution is -1.84. The molecular weight excluding hydrogens is 161 g/mol. The van der Waals surface area contributed by atoms with Crippen LogP contribution in [0.25, 0.3) is 0 Å². The van der Waals surface area contributed by atoms with Gasteiger partial charge in [0.1, 0.15) is 0 Å². The van der Waals surface area contributed by atoms with Crippen molar-refractivity contribution in [2.45, 2.75) is 6.29 Å². The summed E-state index contributed by atoms with van der Waals surface area (Å²) < 4.78 is 12.1. The maximum absolute atomic E-state index is 5.06. The van der Waals surface area contributed by atoms with Crippen LogP contribution in [-0.2, 0) is 6.29 Å². The van der Waals surface area contributed by atoms with Crippen LogP contribution in [0.2, 0.25) is 0 Å². The van der Waals surface area contributed by atoms with E-state index in [2.05, 4.69) is 9.24 Å². The first-order valence-electron chi connectivity index (χ1n) is 3.29. The van der Waals surface area contributed by atoms with Crippen molar-refractivity contribution in [3.63, 3.8) is 0 Å². The first-order valence-corrected chi connectivity index (χ1v) is 4.11. The number of nitrogens with zero attached hydrogens (tertiary/aromatic N) is 1. The Morgan fingerprint density at radius 1 is 1.27 bits per heavy atom. The van der Waals surface area contributed by atoms with E-state index >= 15 is 0 Å². The van der Waals surface area contributed by atoms with Gasteiger partial charge in [0.15, 0.2) is 11.5 Å². The maximum atomic E-state index is 5.06. The summed E-state index contributed by atoms with van der Waals surface area (Å²) in [5, 5.41) is 0. The van der Waals surface area contributed by atoms with E-state index in [1.54, 1.807) is 14.2 Å². The third kappa shape index (κ3) is 1.66. The van der Waals surface area contributed by atoms with E-state index in [4.69, 9.17) is 9.47 Å². The maximum Gasteiger partial charge on any atom is 0.178 e. The Balaban J connectivity index is 2.92. The molecule has 0 aliphatic heterocycles. The van der Waals surface area contributed by atoms with E-state index < -0.39 is 0 Å². The zero-order valence-electron chi connectivity index (χ0n) is 6.70. The lowest BCUT2D eigenvalue weighted by Gasteiger charge is -1.97. The molecule has 0 radical (unpaired) electrons. The molecule has 0 aromatic carbocycles. The molecule has 1 atom stereocenters. The van der Waals surface area contributed by atoms with Gasteiger partial charge < -0.3 is 14.0 Å². The molecule has 0 spiro atoms. The minimum atomic E-state index is 0.773. The van der Waals surface area contributed by atoms with Crippen molar-refractivity contribution >= 4 is 9.24 Å². The van der Waals surface area contributed by atoms with Gasteiger partial charge in [0.05, 0.1) is 26.6 Å². The molecule has 11 heavy (non-hydrogen) atoms. The van der Waals surface area contributed by atoms with Crippen LogP contribution in [0.3, 0.4) is 0 Å². The smallest absolute Gasteiger partial charge is 0.178 e. The van der Waals surface area contributed by atoms with Gasteiger partial charge in [0, 0.05) is 6.29 Å². The first-order chi connectivity index (χ1) is 5.31. The Labute approximate surface area is 68.5 Å². The fourth-order valence-corrected chi connectivity index (χ4v) is 1.09. The molecular formula is C7H12NO2P. The van der Waals surface area contributed by atoms with Crippen molar-refractivity contribution in [3.8, 4) is 11.5 Å². The van der Waals surface area contributed by atoms with E-state index in [0.717, 1.165) is 17.8 Å². The molecule has 1 rings (SSSR count). The van der Waals surface area contributed by atoms with Crippen molar-refractivity contribution in [2.75, 3.05) is 14.2 Å². The zero-order chi connectivity index (χ0) is 8.27. The van der Waals surface area contributed by atoms with E-state index in [0.29, 0.717) is 0 Å². The van der Waals surface area contributed by atoms with Gasteiger partial charge in [-0.3, -0.25) is 0 Å². The second-order valence-electron chi connectivity index (χ2n) is 2.09. The summed E-state index contributed by atoms with van der Waals surface area (Å²) >= 11 is 0. The number of hydrogen-bond donors (Lipinski definition) is 0. The summed E-state index contributed by atoms with van der Waals surface area (Å²) in [6.45, 7) is 0. The zero-order valence-corrected chi connectivity index (χ0v) is 7.86. The quantitative estimate of drug-likeness (QED) is 0.644. The van der Waals surface area contributed by atoms with Gasteiger partial charge in [0.25, 0.3) is 0 Å². The van der Waals surface area contributed by atoms with E-state index in [9.17, 15) is 0 Å². The summed E-state index contributed by atoms with van der Waals surface area (Å²) in [6.07, 6.45) is 4.64. The summed E-state index contributed by atoms with van der Waals surface area (Å²) in [4.78, 5) is 0. The molecule has 0 amide bonds. The second-order valence-corrected chi connectivity index (χ2v) is 2.46. The Bertz CT molecular complexity index is 213. The minimum absolute atomic E-state index is 0.773. The summed E-state index contributed by atoms with van der Waals surface area (Å²) in [5.41, 5.74) is 0. The van der Waals surface area contributed by atoms with Gasteiger partial charge in [0.2, 0.25) is 0 Å². The molecule has 3 nitrogen and oxygen atoms in total. The van der Waals surface area contributed by atoms with Crippen molar-refractivity contribution in [2.24, 2.45) is 0 Å². The first kappa shape index (κ1) is 8.41. The number of rotatable bonds is 3. The molecule has 62 valence electrons. The van der Waals surface area contributed by atoms with E-state index in [1.165, 1.54) is 0 Å². The Kier molecular flexibility index (Phi) is 2.77. The van der Waals surface area contributed by atoms with Gasteiger partial charge in [-0.15, -0.1) is 9.24 Å². The Morgan fingerprint density at radius 2 is 1.73 bits per heavy atom. The van der Waals surface area contributed by atoms with Gasteiger partial charge in [-0.1, -0.05) is 0 Å². The Hall–Kier alpha value is -0.690. The highest BCUT2D eigenvalue weighted by molar-refractivity contribution is 7.15. The molecule has 0 saturated heterocycles. The van der Waals surface area contributed by atoms with Crippen LogP contribution in [-0.4, -0.2) is 18.8 Å². The average molecular weight is 173 g/mol. The highest BCUT2D eigenvalue weighted by atomic mass is 31.0. The molecule has 1 heterocycles. The van der Waals surface area contributed by atoms with Crippen molar-refractivity contribution < 1.29 is 9.47 Å². The minimum Gasteiger partial charge on any atom is -0.491 e. The van der Waals surface area contributed by atoms with Crippen LogP contribution in [0.15, 0.2) is 12.4 Å². The summed E-state index contributed by atoms with van der Waals surface area (Å²) in [6, 6.07) is 0. The number of ether oxygens (including phenoxy) is 2. The van der Waals surface area contributed by atoms with Gasteiger partial charge >= 0.3 is 0 Å². The highest BCUT2D eigenvalue weighted by Gasteiger charge is 2.04. The van der Waals surface area contributed by atoms with Crippen molar-refractivity contribution in [3.05, 3.63) is 12.4 Å². The molecule has 1 unspecified atom stereocenters. The summed E-state index contributed by atoms with van der Waals surface area (Å²) in [7, 11) is 5.88. The van der Waals surface area contributed by atoms with Gasteiger partial charge in [-0.25, -0.2) is 0 Å². The SMILES string of the molecule is COc1cn(CP)cc1OC. The van der Waals surface area contributed by atoms with Gasteiger partial charge in [-0.05, 0) is 0 Å². The average Bonchev–Trinajstić information content (AvgIpc) is 2.46. The molecule has 0 N–H and O–H groups in total. The molecule has 1 aromatic heterocycles. The Morgan fingerprint density at radius 3 is 2.00 bits per heavy atom. The molecule has 0 aliphatic carbocycles. The number of methoxy groups -OCH3 is 2. The normalized spacial score (nSPS) is 9.73. The molecule has 0 aliphatic rings. The highest BCUT2D eigenvalue weighted by Crippen LogP contribution is 2.27. The monoisotopic (exact) mass is 173 g/mol. The van der Waals surface area contributed by atoms with Crippen LogP contribution >= 0.6 is 9.24 Å². The molecule has 4 heteroatoms. The number of aromatic nitrogens is 1. The lowest BCUT2D eigenvalue weighted by molar-refractivity contribution is 0.358. The predicted molar refractivity (Wildman–Crippen MR) is 47.2 cm³/mol. The molecule has 0 fully saturated rings. The van der Waals surface area contributed by atoms with Crippen molar-refractivity contribution in [1.82, 2.24) is 4.57 Å². The van der Waals surface area contributed by atoms with Crippen LogP contribution in [0.5, 0.6) is 11.5 Å². The third-order valence-electron chi connectivity index (χ3n) is 1.46. The van der Waals surface area contributed by atoms with E-state index in [1.807, 2.05) is 17.0 Å². The number of hydrogen-bond acceptors (Lipinski definition) is 2.